The summed E-state index contributed by atoms with van der Waals surface area (Å²) in [7, 11) is 0. The number of nitro benzene ring substituents is 1. The maximum absolute atomic E-state index is 12.5. The summed E-state index contributed by atoms with van der Waals surface area (Å²) in [5, 5.41) is 14.7. The van der Waals surface area contributed by atoms with Gasteiger partial charge in [0.2, 0.25) is 0 Å². The molecule has 1 aromatic rings. The molecular formula is C16H19N3O4S. The number of allylic oxidation sites excluding steroid dienone is 1. The van der Waals surface area contributed by atoms with Crippen molar-refractivity contribution in [2.45, 2.75) is 32.9 Å². The number of nitrogens with zero attached hydrogens (tertiary/aromatic N) is 2. The van der Waals surface area contributed by atoms with Crippen LogP contribution in [0.4, 0.5) is 5.69 Å². The van der Waals surface area contributed by atoms with Crippen molar-refractivity contribution in [1.29, 1.82) is 0 Å². The molecular weight excluding hydrogens is 330 g/mol. The Labute approximate surface area is 144 Å². The molecule has 0 amide bonds. The highest BCUT2D eigenvalue weighted by molar-refractivity contribution is 8.13. The van der Waals surface area contributed by atoms with E-state index in [1.807, 2.05) is 6.26 Å². The minimum atomic E-state index is -0.639. The maximum atomic E-state index is 12.5. The summed E-state index contributed by atoms with van der Waals surface area (Å²) in [4.78, 5) is 27.6. The molecule has 0 radical (unpaired) electrons. The van der Waals surface area contributed by atoms with Crippen molar-refractivity contribution in [3.63, 3.8) is 0 Å². The van der Waals surface area contributed by atoms with Gasteiger partial charge in [0.05, 0.1) is 16.6 Å². The molecule has 0 bridgehead atoms. The summed E-state index contributed by atoms with van der Waals surface area (Å²) < 4.78 is 5.31. The van der Waals surface area contributed by atoms with E-state index in [-0.39, 0.29) is 11.8 Å². The van der Waals surface area contributed by atoms with E-state index >= 15 is 0 Å². The molecule has 1 aliphatic heterocycles. The summed E-state index contributed by atoms with van der Waals surface area (Å²) >= 11 is 1.40. The third-order valence-corrected chi connectivity index (χ3v) is 3.97. The minimum absolute atomic E-state index is 0.0406. The van der Waals surface area contributed by atoms with Gasteiger partial charge >= 0.3 is 5.97 Å². The normalized spacial score (nSPS) is 17.4. The van der Waals surface area contributed by atoms with Crippen LogP contribution in [0.2, 0.25) is 0 Å². The average molecular weight is 349 g/mol. The number of benzene rings is 1. The molecule has 128 valence electrons. The van der Waals surface area contributed by atoms with E-state index in [0.717, 1.165) is 0 Å². The summed E-state index contributed by atoms with van der Waals surface area (Å²) in [6, 6.07) is 5.52. The number of hydrogen-bond donors (Lipinski definition) is 1. The van der Waals surface area contributed by atoms with Crippen LogP contribution in [0.15, 0.2) is 40.5 Å². The van der Waals surface area contributed by atoms with Gasteiger partial charge in [-0.1, -0.05) is 23.9 Å². The van der Waals surface area contributed by atoms with E-state index in [2.05, 4.69) is 10.3 Å². The molecule has 0 aromatic heterocycles. The highest BCUT2D eigenvalue weighted by atomic mass is 32.2. The summed E-state index contributed by atoms with van der Waals surface area (Å²) in [5.41, 5.74) is 1.53. The molecule has 1 aliphatic rings. The van der Waals surface area contributed by atoms with Crippen molar-refractivity contribution in [1.82, 2.24) is 5.32 Å². The zero-order chi connectivity index (χ0) is 17.9. The number of ether oxygens (including phenoxy) is 1. The topological polar surface area (TPSA) is 93.8 Å². The van der Waals surface area contributed by atoms with Crippen molar-refractivity contribution >= 4 is 28.6 Å². The van der Waals surface area contributed by atoms with Gasteiger partial charge in [0.1, 0.15) is 6.04 Å². The third-order valence-electron chi connectivity index (χ3n) is 3.37. The number of carbonyl (C=O) groups excluding carboxylic acids is 1. The highest BCUT2D eigenvalue weighted by Crippen LogP contribution is 2.34. The van der Waals surface area contributed by atoms with E-state index in [0.29, 0.717) is 22.0 Å². The van der Waals surface area contributed by atoms with Crippen LogP contribution in [0.5, 0.6) is 0 Å². The maximum Gasteiger partial charge on any atom is 0.338 e. The monoisotopic (exact) mass is 349 g/mol. The molecule has 1 N–H and O–H groups in total. The van der Waals surface area contributed by atoms with Gasteiger partial charge in [-0.05, 0) is 32.6 Å². The molecule has 0 unspecified atom stereocenters. The van der Waals surface area contributed by atoms with Gasteiger partial charge in [-0.2, -0.15) is 0 Å². The van der Waals surface area contributed by atoms with Gasteiger partial charge in [0.15, 0.2) is 5.17 Å². The highest BCUT2D eigenvalue weighted by Gasteiger charge is 2.31. The zero-order valence-electron chi connectivity index (χ0n) is 13.9. The van der Waals surface area contributed by atoms with Crippen LogP contribution in [-0.4, -0.2) is 28.4 Å². The zero-order valence-corrected chi connectivity index (χ0v) is 14.7. The number of thioether (sulfide) groups is 1. The second-order valence-electron chi connectivity index (χ2n) is 5.51. The first kappa shape index (κ1) is 18.0. The Morgan fingerprint density at radius 2 is 2.17 bits per heavy atom. The number of rotatable bonds is 4. The fourth-order valence-electron chi connectivity index (χ4n) is 2.34. The van der Waals surface area contributed by atoms with Crippen LogP contribution in [0, 0.1) is 10.1 Å². The molecule has 0 saturated carbocycles. The first-order chi connectivity index (χ1) is 11.3. The van der Waals surface area contributed by atoms with E-state index in [4.69, 9.17) is 4.74 Å². The Hall–Kier alpha value is -2.35. The Bertz CT molecular complexity index is 728. The fourth-order valence-corrected chi connectivity index (χ4v) is 2.81. The first-order valence-electron chi connectivity index (χ1n) is 7.38. The van der Waals surface area contributed by atoms with Crippen molar-refractivity contribution in [3.8, 4) is 0 Å². The molecule has 1 aromatic carbocycles. The lowest BCUT2D eigenvalue weighted by molar-refractivity contribution is -0.384. The molecule has 1 atom stereocenters. The van der Waals surface area contributed by atoms with Crippen molar-refractivity contribution < 1.29 is 14.5 Å². The standard InChI is InChI=1S/C16H19N3O4S/c1-9(2)23-15(20)13-10(3)17-16(24-4)18-14(13)11-6-5-7-12(8-11)19(21)22/h5-9,14H,1-4H3,(H,17,18)/t14-/m1/s1. The van der Waals surface area contributed by atoms with E-state index < -0.39 is 16.9 Å². The van der Waals surface area contributed by atoms with Crippen molar-refractivity contribution in [2.75, 3.05) is 6.26 Å². The van der Waals surface area contributed by atoms with E-state index in [1.54, 1.807) is 32.9 Å². The van der Waals surface area contributed by atoms with Gasteiger partial charge < -0.3 is 10.1 Å². The van der Waals surface area contributed by atoms with Crippen LogP contribution in [0.3, 0.4) is 0 Å². The first-order valence-corrected chi connectivity index (χ1v) is 8.61. The predicted octanol–water partition coefficient (Wildman–Crippen LogP) is 3.18. The van der Waals surface area contributed by atoms with Gasteiger partial charge in [0.25, 0.3) is 5.69 Å². The molecule has 8 heteroatoms. The quantitative estimate of drug-likeness (QED) is 0.510. The summed E-state index contributed by atoms with van der Waals surface area (Å²) in [5.74, 6) is -0.476. The molecule has 1 heterocycles. The van der Waals surface area contributed by atoms with Crippen LogP contribution in [-0.2, 0) is 9.53 Å². The Morgan fingerprint density at radius 3 is 2.75 bits per heavy atom. The minimum Gasteiger partial charge on any atom is -0.459 e. The van der Waals surface area contributed by atoms with Gasteiger partial charge in [-0.25, -0.2) is 9.79 Å². The van der Waals surface area contributed by atoms with Crippen molar-refractivity contribution in [3.05, 3.63) is 51.2 Å². The Balaban J connectivity index is 2.50. The third kappa shape index (κ3) is 3.94. The van der Waals surface area contributed by atoms with Crippen molar-refractivity contribution in [2.24, 2.45) is 4.99 Å². The molecule has 7 nitrogen and oxygen atoms in total. The molecule has 0 spiro atoms. The number of aliphatic imine (C=N–C) groups is 1. The van der Waals surface area contributed by atoms with Crippen LogP contribution < -0.4 is 5.32 Å². The number of carbonyl (C=O) groups is 1. The summed E-state index contributed by atoms with van der Waals surface area (Å²) in [6.45, 7) is 5.30. The molecule has 0 fully saturated rings. The predicted molar refractivity (Wildman–Crippen MR) is 93.9 cm³/mol. The van der Waals surface area contributed by atoms with Crippen LogP contribution in [0.25, 0.3) is 0 Å². The summed E-state index contributed by atoms with van der Waals surface area (Å²) in [6.07, 6.45) is 1.59. The number of nitrogens with one attached hydrogen (secondary N) is 1. The number of non-ortho nitro benzene ring substituents is 1. The largest absolute Gasteiger partial charge is 0.459 e. The molecule has 0 saturated heterocycles. The lowest BCUT2D eigenvalue weighted by Gasteiger charge is -2.25. The average Bonchev–Trinajstić information content (AvgIpc) is 2.53. The smallest absolute Gasteiger partial charge is 0.338 e. The number of hydrogen-bond acceptors (Lipinski definition) is 7. The lowest BCUT2D eigenvalue weighted by Crippen LogP contribution is -2.31. The van der Waals surface area contributed by atoms with Crippen LogP contribution >= 0.6 is 11.8 Å². The molecule has 2 rings (SSSR count). The lowest BCUT2D eigenvalue weighted by atomic mass is 9.96. The van der Waals surface area contributed by atoms with Crippen LogP contribution in [0.1, 0.15) is 32.4 Å². The number of amidine groups is 1. The Kier molecular flexibility index (Phi) is 5.61. The van der Waals surface area contributed by atoms with Gasteiger partial charge in [0, 0.05) is 17.8 Å². The second-order valence-corrected chi connectivity index (χ2v) is 6.31. The molecule has 24 heavy (non-hydrogen) atoms. The SMILES string of the molecule is CSC1=N[C@H](c2cccc([N+](=O)[O-])c2)C(C(=O)OC(C)C)=C(C)N1. The second kappa shape index (κ2) is 7.48. The molecule has 0 aliphatic carbocycles. The fraction of sp³-hybridized carbons (Fsp3) is 0.375. The van der Waals surface area contributed by atoms with E-state index in [1.165, 1.54) is 23.9 Å². The Morgan fingerprint density at radius 1 is 1.46 bits per heavy atom. The van der Waals surface area contributed by atoms with Gasteiger partial charge in [-0.3, -0.25) is 10.1 Å². The number of esters is 1. The van der Waals surface area contributed by atoms with Gasteiger partial charge in [-0.15, -0.1) is 0 Å². The number of nitro groups is 1. The van der Waals surface area contributed by atoms with E-state index in [9.17, 15) is 14.9 Å².